The van der Waals surface area contributed by atoms with Gasteiger partial charge in [0.25, 0.3) is 0 Å². The molecule has 0 saturated carbocycles. The van der Waals surface area contributed by atoms with Crippen molar-refractivity contribution in [3.05, 3.63) is 154 Å². The lowest BCUT2D eigenvalue weighted by atomic mass is 9.81. The van der Waals surface area contributed by atoms with Gasteiger partial charge in [0.2, 0.25) is 11.4 Å². The molecule has 2 heteroatoms. The molecule has 0 atom stereocenters. The van der Waals surface area contributed by atoms with Crippen molar-refractivity contribution < 1.29 is 18.7 Å². The maximum absolute atomic E-state index is 9.14. The third kappa shape index (κ3) is 11.2. The predicted octanol–water partition coefficient (Wildman–Crippen LogP) is 13.6. The van der Waals surface area contributed by atoms with Crippen LogP contribution in [0, 0.1) is 51.3 Å². The molecule has 2 aromatic heterocycles. The van der Waals surface area contributed by atoms with Gasteiger partial charge in [-0.1, -0.05) is 128 Å². The van der Waals surface area contributed by atoms with Gasteiger partial charge in [-0.15, -0.1) is 0 Å². The van der Waals surface area contributed by atoms with Crippen LogP contribution >= 0.6 is 0 Å². The van der Waals surface area contributed by atoms with Crippen molar-refractivity contribution in [3.63, 3.8) is 0 Å². The zero-order valence-electron chi connectivity index (χ0n) is 44.1. The maximum atomic E-state index is 9.14. The average Bonchev–Trinajstić information content (AvgIpc) is 3.19. The molecular formula is C55H70N2+2. The highest BCUT2D eigenvalue weighted by Crippen LogP contribution is 2.35. The summed E-state index contributed by atoms with van der Waals surface area (Å²) >= 11 is 0. The zero-order valence-corrected chi connectivity index (χ0v) is 37.1. The van der Waals surface area contributed by atoms with Crippen LogP contribution in [0.15, 0.2) is 109 Å². The van der Waals surface area contributed by atoms with Crippen molar-refractivity contribution in [3.8, 4) is 44.8 Å². The van der Waals surface area contributed by atoms with Gasteiger partial charge < -0.3 is 0 Å². The number of hydrogen-bond acceptors (Lipinski definition) is 0. The van der Waals surface area contributed by atoms with Gasteiger partial charge in [0, 0.05) is 44.0 Å². The third-order valence-electron chi connectivity index (χ3n) is 10.2. The maximum Gasteiger partial charge on any atom is 0.212 e. The van der Waals surface area contributed by atoms with Crippen molar-refractivity contribution in [1.82, 2.24) is 0 Å². The first-order valence-electron chi connectivity index (χ1n) is 23.9. The second kappa shape index (κ2) is 17.8. The molecule has 6 aromatic rings. The van der Waals surface area contributed by atoms with Gasteiger partial charge in [0.15, 0.2) is 12.4 Å². The van der Waals surface area contributed by atoms with Gasteiger partial charge in [-0.05, 0) is 138 Å². The van der Waals surface area contributed by atoms with E-state index in [4.69, 9.17) is 9.60 Å². The van der Waals surface area contributed by atoms with Crippen molar-refractivity contribution >= 4 is 0 Å². The quantitative estimate of drug-likeness (QED) is 0.136. The van der Waals surface area contributed by atoms with E-state index in [-0.39, 0.29) is 5.56 Å². The van der Waals surface area contributed by atoms with Crippen LogP contribution in [0.5, 0.6) is 0 Å². The number of aryl methyl sites for hydroxylation is 7. The first-order chi connectivity index (χ1) is 29.5. The normalized spacial score (nSPS) is 14.3. The molecule has 0 bridgehead atoms. The largest absolute Gasteiger partial charge is 0.212 e. The molecule has 0 aliphatic rings. The summed E-state index contributed by atoms with van der Waals surface area (Å²) in [6.07, 6.45) is 1.48. The lowest BCUT2D eigenvalue weighted by Gasteiger charge is -2.24. The lowest BCUT2D eigenvalue weighted by molar-refractivity contribution is -0.661. The fourth-order valence-corrected chi connectivity index (χ4v) is 7.55. The minimum Gasteiger partial charge on any atom is -0.201 e. The van der Waals surface area contributed by atoms with Crippen LogP contribution in [0.1, 0.15) is 109 Å². The van der Waals surface area contributed by atoms with E-state index < -0.39 is 30.4 Å². The van der Waals surface area contributed by atoms with Crippen molar-refractivity contribution in [2.75, 3.05) is 0 Å². The summed E-state index contributed by atoms with van der Waals surface area (Å²) in [6, 6.07) is 32.4. The second-order valence-electron chi connectivity index (χ2n) is 18.3. The van der Waals surface area contributed by atoms with E-state index in [1.54, 1.807) is 18.3 Å². The van der Waals surface area contributed by atoms with Gasteiger partial charge in [0.05, 0.1) is 0 Å². The van der Waals surface area contributed by atoms with Gasteiger partial charge in [-0.2, -0.15) is 0 Å². The van der Waals surface area contributed by atoms with Crippen LogP contribution in [0.4, 0.5) is 0 Å². The summed E-state index contributed by atoms with van der Waals surface area (Å²) in [5, 5.41) is 0. The molecule has 0 aliphatic carbocycles. The molecule has 0 unspecified atom stereocenters. The van der Waals surface area contributed by atoms with Crippen LogP contribution in [-0.2, 0) is 33.3 Å². The van der Waals surface area contributed by atoms with E-state index in [0.717, 1.165) is 23.1 Å². The third-order valence-corrected chi connectivity index (χ3v) is 10.2. The Morgan fingerprint density at radius 3 is 1.40 bits per heavy atom. The smallest absolute Gasteiger partial charge is 0.201 e. The van der Waals surface area contributed by atoms with Crippen molar-refractivity contribution in [2.45, 2.75) is 109 Å². The molecule has 0 fully saturated rings. The molecule has 4 aromatic carbocycles. The SMILES string of the molecule is Cc1cc(-c2cc(-c3ccccc3)c(C)cc2C)[n+](C)cc1CC(C)C.[2H]C([2H])([2H])c1cc(C)c(-c2cc(C([2H])([2H])C(C)(C)C)c(C([2H])([2H])C(C)(C)C)c[n+]2C)cc1-c1ccccc1. The van der Waals surface area contributed by atoms with E-state index in [9.17, 15) is 0 Å². The standard InChI is InChI=1S/C30H40N.C25H30N/c1-21-15-22(2)27(17-26(21)23-13-11-10-12-14-23)28-16-24(18-29(3,4)5)25(20-31(28)9)19-30(6,7)8;1-17(2)12-22-16-26(6)25(14-18(22)3)24-15-23(19(4)13-20(24)5)21-10-8-7-9-11-21/h10-17,20H,18-19H2,1-9H3;7-11,13-17H,12H2,1-6H3/q2*+1/i1D3,18D2,19D2;. The Kier molecular flexibility index (Phi) is 10.7. The molecule has 0 radical (unpaired) electrons. The molecule has 298 valence electrons. The number of benzene rings is 4. The van der Waals surface area contributed by atoms with Crippen molar-refractivity contribution in [1.29, 1.82) is 0 Å². The first kappa shape index (κ1) is 34.2. The number of rotatable bonds is 8. The van der Waals surface area contributed by atoms with Crippen LogP contribution in [0.2, 0.25) is 0 Å². The zero-order chi connectivity index (χ0) is 47.9. The minimum atomic E-state index is -2.31. The number of aromatic nitrogens is 2. The molecular weight excluding hydrogens is 689 g/mol. The van der Waals surface area contributed by atoms with Gasteiger partial charge in [-0.25, -0.2) is 9.13 Å². The summed E-state index contributed by atoms with van der Waals surface area (Å²) in [7, 11) is 3.99. The Bertz CT molecular complexity index is 2610. The highest BCUT2D eigenvalue weighted by atomic mass is 14.9. The Labute approximate surface area is 356 Å². The monoisotopic (exact) mass is 766 g/mol. The number of nitrogens with zero attached hydrogens (tertiary/aromatic N) is 2. The molecule has 0 aliphatic heterocycles. The summed E-state index contributed by atoms with van der Waals surface area (Å²) in [5.41, 5.74) is 13.6. The Morgan fingerprint density at radius 2 is 0.930 bits per heavy atom. The number of hydrogen-bond donors (Lipinski definition) is 0. The van der Waals surface area contributed by atoms with Gasteiger partial charge in [0.1, 0.15) is 14.1 Å². The molecule has 0 N–H and O–H groups in total. The fourth-order valence-electron chi connectivity index (χ4n) is 7.55. The van der Waals surface area contributed by atoms with Crippen LogP contribution in [0.3, 0.4) is 0 Å². The van der Waals surface area contributed by atoms with Gasteiger partial charge >= 0.3 is 0 Å². The summed E-state index contributed by atoms with van der Waals surface area (Å²) in [5.74, 6) is 0.672. The Morgan fingerprint density at radius 1 is 0.509 bits per heavy atom. The molecule has 6 rings (SSSR count). The second-order valence-corrected chi connectivity index (χ2v) is 18.3. The average molecular weight is 766 g/mol. The summed E-state index contributed by atoms with van der Waals surface area (Å²) in [6.45, 7) is 21.7. The topological polar surface area (TPSA) is 7.76 Å². The lowest BCUT2D eigenvalue weighted by Crippen LogP contribution is -2.33. The molecule has 2 heterocycles. The highest BCUT2D eigenvalue weighted by molar-refractivity contribution is 5.77. The molecule has 0 saturated heterocycles. The summed E-state index contributed by atoms with van der Waals surface area (Å²) < 4.78 is 64.9. The molecule has 0 amide bonds. The fraction of sp³-hybridized carbons (Fsp3) is 0.382. The van der Waals surface area contributed by atoms with E-state index in [1.165, 1.54) is 44.6 Å². The minimum absolute atomic E-state index is 0.263. The summed E-state index contributed by atoms with van der Waals surface area (Å²) in [4.78, 5) is 0. The van der Waals surface area contributed by atoms with Crippen LogP contribution < -0.4 is 9.13 Å². The highest BCUT2D eigenvalue weighted by Gasteiger charge is 2.25. The molecule has 57 heavy (non-hydrogen) atoms. The first-order valence-corrected chi connectivity index (χ1v) is 20.4. The molecule has 0 spiro atoms. The van der Waals surface area contributed by atoms with Gasteiger partial charge in [-0.3, -0.25) is 0 Å². The number of pyridine rings is 2. The van der Waals surface area contributed by atoms with Crippen LogP contribution in [-0.4, -0.2) is 0 Å². The van der Waals surface area contributed by atoms with E-state index in [1.807, 2.05) is 96.5 Å². The molecule has 2 nitrogen and oxygen atoms in total. The van der Waals surface area contributed by atoms with E-state index in [2.05, 4.69) is 101 Å². The van der Waals surface area contributed by atoms with Crippen LogP contribution in [0.25, 0.3) is 44.8 Å². The van der Waals surface area contributed by atoms with E-state index >= 15 is 0 Å². The Hall–Kier alpha value is -4.82. The predicted molar refractivity (Wildman–Crippen MR) is 246 cm³/mol. The Balaban J connectivity index is 0.000000258. The van der Waals surface area contributed by atoms with E-state index in [0.29, 0.717) is 28.3 Å². The van der Waals surface area contributed by atoms with Crippen molar-refractivity contribution in [2.24, 2.45) is 30.8 Å².